The van der Waals surface area contributed by atoms with Crippen LogP contribution in [-0.4, -0.2) is 24.7 Å². The molecule has 1 saturated heterocycles. The molecule has 20 heavy (non-hydrogen) atoms. The molecule has 0 radical (unpaired) electrons. The maximum Gasteiger partial charge on any atom is 0.226 e. The third kappa shape index (κ3) is 3.31. The Morgan fingerprint density at radius 3 is 2.40 bits per heavy atom. The molecule has 4 atom stereocenters. The van der Waals surface area contributed by atoms with Crippen LogP contribution in [0, 0.1) is 11.8 Å². The molecule has 1 aliphatic rings. The summed E-state index contributed by atoms with van der Waals surface area (Å²) < 4.78 is 5.71. The Labute approximate surface area is 120 Å². The number of nitrogens with two attached hydrogens (primary N) is 1. The van der Waals surface area contributed by atoms with Gasteiger partial charge in [-0.3, -0.25) is 4.79 Å². The van der Waals surface area contributed by atoms with Crippen LogP contribution in [-0.2, 0) is 16.0 Å². The lowest BCUT2D eigenvalue weighted by molar-refractivity contribution is -0.127. The molecule has 110 valence electrons. The van der Waals surface area contributed by atoms with Crippen molar-refractivity contribution in [2.45, 2.75) is 39.4 Å². The van der Waals surface area contributed by atoms with Gasteiger partial charge in [-0.15, -0.1) is 0 Å². The number of amides is 1. The summed E-state index contributed by atoms with van der Waals surface area (Å²) in [6.45, 7) is 6.73. The van der Waals surface area contributed by atoms with Gasteiger partial charge in [0, 0.05) is 12.2 Å². The first-order chi connectivity index (χ1) is 9.49. The maximum absolute atomic E-state index is 12.2. The van der Waals surface area contributed by atoms with Crippen LogP contribution in [0.3, 0.4) is 0 Å². The molecule has 0 saturated carbocycles. The number of nitrogens with one attached hydrogen (secondary N) is 1. The van der Waals surface area contributed by atoms with Gasteiger partial charge in [0.05, 0.1) is 18.1 Å². The lowest BCUT2D eigenvalue weighted by Gasteiger charge is -2.17. The Bertz CT molecular complexity index is 458. The zero-order chi connectivity index (χ0) is 14.7. The van der Waals surface area contributed by atoms with E-state index in [0.717, 1.165) is 12.1 Å². The first kappa shape index (κ1) is 14.9. The molecule has 1 heterocycles. The quantitative estimate of drug-likeness (QED) is 0.827. The largest absolute Gasteiger partial charge is 0.399 e. The molecule has 2 rings (SSSR count). The molecule has 1 fully saturated rings. The average molecular weight is 276 g/mol. The van der Waals surface area contributed by atoms with Gasteiger partial charge < -0.3 is 15.8 Å². The minimum atomic E-state index is -0.0450. The second-order valence-corrected chi connectivity index (χ2v) is 5.71. The van der Waals surface area contributed by atoms with E-state index in [-0.39, 0.29) is 30.0 Å². The van der Waals surface area contributed by atoms with E-state index in [1.165, 1.54) is 5.56 Å². The fraction of sp³-hybridized carbons (Fsp3) is 0.562. The molecule has 1 aromatic rings. The monoisotopic (exact) mass is 276 g/mol. The molecule has 0 bridgehead atoms. The molecular weight excluding hydrogens is 252 g/mol. The SMILES string of the molecule is CC1OC(C)C(C(=O)NCCc2ccc(N)cc2)C1C. The zero-order valence-electron chi connectivity index (χ0n) is 12.4. The van der Waals surface area contributed by atoms with E-state index in [0.29, 0.717) is 6.54 Å². The summed E-state index contributed by atoms with van der Waals surface area (Å²) in [5, 5.41) is 3.02. The Kier molecular flexibility index (Phi) is 4.65. The average Bonchev–Trinajstić information content (AvgIpc) is 2.65. The summed E-state index contributed by atoms with van der Waals surface area (Å²) in [6.07, 6.45) is 0.965. The summed E-state index contributed by atoms with van der Waals surface area (Å²) in [5.41, 5.74) is 7.59. The highest BCUT2D eigenvalue weighted by molar-refractivity contribution is 5.79. The topological polar surface area (TPSA) is 64.3 Å². The van der Waals surface area contributed by atoms with Crippen LogP contribution in [0.5, 0.6) is 0 Å². The third-order valence-electron chi connectivity index (χ3n) is 4.24. The number of nitrogen functional groups attached to an aromatic ring is 1. The van der Waals surface area contributed by atoms with Gasteiger partial charge in [-0.1, -0.05) is 19.1 Å². The number of hydrogen-bond acceptors (Lipinski definition) is 3. The lowest BCUT2D eigenvalue weighted by Crippen LogP contribution is -2.38. The second kappa shape index (κ2) is 6.27. The fourth-order valence-electron chi connectivity index (χ4n) is 2.85. The number of anilines is 1. The van der Waals surface area contributed by atoms with Gasteiger partial charge >= 0.3 is 0 Å². The fourth-order valence-corrected chi connectivity index (χ4v) is 2.85. The van der Waals surface area contributed by atoms with Crippen molar-refractivity contribution >= 4 is 11.6 Å². The van der Waals surface area contributed by atoms with Crippen molar-refractivity contribution < 1.29 is 9.53 Å². The van der Waals surface area contributed by atoms with Crippen LogP contribution in [0.15, 0.2) is 24.3 Å². The number of carbonyl (C=O) groups excluding carboxylic acids is 1. The van der Waals surface area contributed by atoms with Crippen molar-refractivity contribution in [1.29, 1.82) is 0 Å². The smallest absolute Gasteiger partial charge is 0.226 e. The summed E-state index contributed by atoms with van der Waals surface area (Å²) >= 11 is 0. The summed E-state index contributed by atoms with van der Waals surface area (Å²) in [5.74, 6) is 0.322. The Morgan fingerprint density at radius 1 is 1.20 bits per heavy atom. The zero-order valence-corrected chi connectivity index (χ0v) is 12.4. The number of hydrogen-bond donors (Lipinski definition) is 2. The van der Waals surface area contributed by atoms with Crippen LogP contribution < -0.4 is 11.1 Å². The molecule has 4 nitrogen and oxygen atoms in total. The van der Waals surface area contributed by atoms with E-state index < -0.39 is 0 Å². The molecule has 1 amide bonds. The first-order valence-corrected chi connectivity index (χ1v) is 7.26. The van der Waals surface area contributed by atoms with Crippen LogP contribution in [0.1, 0.15) is 26.3 Å². The second-order valence-electron chi connectivity index (χ2n) is 5.71. The first-order valence-electron chi connectivity index (χ1n) is 7.26. The van der Waals surface area contributed by atoms with Crippen LogP contribution >= 0.6 is 0 Å². The molecule has 4 heteroatoms. The van der Waals surface area contributed by atoms with Gasteiger partial charge in [0.25, 0.3) is 0 Å². The van der Waals surface area contributed by atoms with Gasteiger partial charge in [0.1, 0.15) is 0 Å². The van der Waals surface area contributed by atoms with E-state index in [9.17, 15) is 4.79 Å². The van der Waals surface area contributed by atoms with Crippen LogP contribution in [0.4, 0.5) is 5.69 Å². The molecule has 1 aliphatic heterocycles. The van der Waals surface area contributed by atoms with Crippen LogP contribution in [0.25, 0.3) is 0 Å². The molecule has 1 aromatic carbocycles. The van der Waals surface area contributed by atoms with E-state index in [1.54, 1.807) is 0 Å². The lowest BCUT2D eigenvalue weighted by atomic mass is 9.89. The molecule has 0 aromatic heterocycles. The van der Waals surface area contributed by atoms with Crippen LogP contribution in [0.2, 0.25) is 0 Å². The Hall–Kier alpha value is -1.55. The Morgan fingerprint density at radius 2 is 1.85 bits per heavy atom. The number of benzene rings is 1. The highest BCUT2D eigenvalue weighted by Gasteiger charge is 2.41. The number of carbonyl (C=O) groups is 1. The highest BCUT2D eigenvalue weighted by atomic mass is 16.5. The van der Waals surface area contributed by atoms with Crippen molar-refractivity contribution in [2.24, 2.45) is 11.8 Å². The van der Waals surface area contributed by atoms with E-state index in [2.05, 4.69) is 12.2 Å². The Balaban J connectivity index is 1.82. The van der Waals surface area contributed by atoms with E-state index in [4.69, 9.17) is 10.5 Å². The molecule has 0 aliphatic carbocycles. The van der Waals surface area contributed by atoms with Gasteiger partial charge in [-0.25, -0.2) is 0 Å². The molecular formula is C16H24N2O2. The van der Waals surface area contributed by atoms with Gasteiger partial charge in [-0.05, 0) is 43.9 Å². The van der Waals surface area contributed by atoms with Crippen molar-refractivity contribution in [1.82, 2.24) is 5.32 Å². The number of rotatable bonds is 4. The normalized spacial score (nSPS) is 29.4. The highest BCUT2D eigenvalue weighted by Crippen LogP contribution is 2.32. The maximum atomic E-state index is 12.2. The predicted octanol–water partition coefficient (Wildman–Crippen LogP) is 1.99. The minimum Gasteiger partial charge on any atom is -0.399 e. The molecule has 4 unspecified atom stereocenters. The third-order valence-corrected chi connectivity index (χ3v) is 4.24. The van der Waals surface area contributed by atoms with Crippen molar-refractivity contribution in [3.8, 4) is 0 Å². The van der Waals surface area contributed by atoms with Crippen molar-refractivity contribution in [2.75, 3.05) is 12.3 Å². The van der Waals surface area contributed by atoms with Gasteiger partial charge in [0.15, 0.2) is 0 Å². The standard InChI is InChI=1S/C16H24N2O2/c1-10-11(2)20-12(3)15(10)16(19)18-9-8-13-4-6-14(17)7-5-13/h4-7,10-12,15H,8-9,17H2,1-3H3,(H,18,19). The predicted molar refractivity (Wildman–Crippen MR) is 80.2 cm³/mol. The summed E-state index contributed by atoms with van der Waals surface area (Å²) in [4.78, 5) is 12.2. The number of ether oxygens (including phenoxy) is 1. The molecule has 0 spiro atoms. The van der Waals surface area contributed by atoms with Gasteiger partial charge in [0.2, 0.25) is 5.91 Å². The van der Waals surface area contributed by atoms with E-state index in [1.807, 2.05) is 38.1 Å². The van der Waals surface area contributed by atoms with Crippen molar-refractivity contribution in [3.05, 3.63) is 29.8 Å². The van der Waals surface area contributed by atoms with Gasteiger partial charge in [-0.2, -0.15) is 0 Å². The summed E-state index contributed by atoms with van der Waals surface area (Å²) in [6, 6.07) is 7.75. The minimum absolute atomic E-state index is 0.00322. The van der Waals surface area contributed by atoms with E-state index >= 15 is 0 Å². The molecule has 3 N–H and O–H groups in total. The summed E-state index contributed by atoms with van der Waals surface area (Å²) in [7, 11) is 0. The van der Waals surface area contributed by atoms with Crippen molar-refractivity contribution in [3.63, 3.8) is 0 Å².